The van der Waals surface area contributed by atoms with Crippen LogP contribution in [0.3, 0.4) is 0 Å². The first-order valence-corrected chi connectivity index (χ1v) is 10.7. The van der Waals surface area contributed by atoms with Crippen LogP contribution in [0.25, 0.3) is 0 Å². The Hall–Kier alpha value is -0.570. The molecular formula is C20H42IN5O. The number of unbranched alkanes of at least 4 members (excludes halogenated alkanes) is 2. The summed E-state index contributed by atoms with van der Waals surface area (Å²) in [5.74, 6) is 1.03. The molecule has 1 rings (SSSR count). The van der Waals surface area contributed by atoms with Gasteiger partial charge < -0.3 is 20.4 Å². The van der Waals surface area contributed by atoms with Crippen LogP contribution in [0.4, 0.5) is 0 Å². The molecule has 0 aliphatic carbocycles. The van der Waals surface area contributed by atoms with Crippen LogP contribution >= 0.6 is 24.0 Å². The van der Waals surface area contributed by atoms with Gasteiger partial charge in [0, 0.05) is 39.1 Å². The van der Waals surface area contributed by atoms with E-state index in [1.54, 1.807) is 0 Å². The summed E-state index contributed by atoms with van der Waals surface area (Å²) in [6.07, 6.45) is 8.31. The van der Waals surface area contributed by atoms with Crippen LogP contribution in [-0.4, -0.2) is 74.0 Å². The van der Waals surface area contributed by atoms with E-state index in [0.717, 1.165) is 38.6 Å². The second-order valence-electron chi connectivity index (χ2n) is 6.97. The maximum atomic E-state index is 12.0. The maximum absolute atomic E-state index is 12.0. The molecule has 1 fully saturated rings. The van der Waals surface area contributed by atoms with Crippen molar-refractivity contribution in [2.24, 2.45) is 4.99 Å². The normalized spacial score (nSPS) is 15.1. The highest BCUT2D eigenvalue weighted by Crippen LogP contribution is 2.09. The summed E-state index contributed by atoms with van der Waals surface area (Å²) in [5, 5.41) is 6.54. The first kappa shape index (κ1) is 26.4. The minimum atomic E-state index is 0. The van der Waals surface area contributed by atoms with E-state index in [4.69, 9.17) is 0 Å². The van der Waals surface area contributed by atoms with Crippen LogP contribution in [0.5, 0.6) is 0 Å². The van der Waals surface area contributed by atoms with E-state index in [1.165, 1.54) is 51.7 Å². The lowest BCUT2D eigenvalue weighted by Crippen LogP contribution is -2.40. The minimum absolute atomic E-state index is 0. The highest BCUT2D eigenvalue weighted by atomic mass is 127. The Labute approximate surface area is 183 Å². The molecule has 1 aliphatic heterocycles. The average molecular weight is 495 g/mol. The third kappa shape index (κ3) is 12.5. The lowest BCUT2D eigenvalue weighted by atomic mass is 10.1. The van der Waals surface area contributed by atoms with Gasteiger partial charge in [0.25, 0.3) is 0 Å². The molecule has 2 N–H and O–H groups in total. The van der Waals surface area contributed by atoms with E-state index in [-0.39, 0.29) is 29.9 Å². The zero-order valence-corrected chi connectivity index (χ0v) is 20.1. The number of nitrogens with one attached hydrogen (secondary N) is 2. The molecule has 0 aromatic carbocycles. The Morgan fingerprint density at radius 1 is 1.00 bits per heavy atom. The third-order valence-electron chi connectivity index (χ3n) is 4.94. The van der Waals surface area contributed by atoms with Gasteiger partial charge in [-0.2, -0.15) is 0 Å². The van der Waals surface area contributed by atoms with Gasteiger partial charge in [-0.3, -0.25) is 9.79 Å². The molecule has 0 bridgehead atoms. The molecular weight excluding hydrogens is 453 g/mol. The number of piperidine rings is 1. The zero-order valence-electron chi connectivity index (χ0n) is 17.8. The van der Waals surface area contributed by atoms with Gasteiger partial charge in [-0.25, -0.2) is 0 Å². The van der Waals surface area contributed by atoms with Crippen LogP contribution in [-0.2, 0) is 4.79 Å². The fourth-order valence-corrected chi connectivity index (χ4v) is 3.36. The molecule has 0 radical (unpaired) electrons. The van der Waals surface area contributed by atoms with Crippen LogP contribution in [0.2, 0.25) is 0 Å². The number of hydrogen-bond acceptors (Lipinski definition) is 3. The summed E-state index contributed by atoms with van der Waals surface area (Å²) in [4.78, 5) is 21.1. The van der Waals surface area contributed by atoms with E-state index in [1.807, 2.05) is 18.7 Å². The lowest BCUT2D eigenvalue weighted by molar-refractivity contribution is -0.130. The third-order valence-corrected chi connectivity index (χ3v) is 4.94. The molecule has 0 unspecified atom stereocenters. The van der Waals surface area contributed by atoms with Crippen LogP contribution in [0.15, 0.2) is 4.99 Å². The Morgan fingerprint density at radius 3 is 2.33 bits per heavy atom. The summed E-state index contributed by atoms with van der Waals surface area (Å²) in [5.41, 5.74) is 0. The van der Waals surface area contributed by atoms with Crippen LogP contribution in [0, 0.1) is 0 Å². The first-order chi connectivity index (χ1) is 12.7. The number of carbonyl (C=O) groups is 1. The van der Waals surface area contributed by atoms with Gasteiger partial charge in [0.1, 0.15) is 0 Å². The number of nitrogens with zero attached hydrogens (tertiary/aromatic N) is 3. The Morgan fingerprint density at radius 2 is 1.70 bits per heavy atom. The van der Waals surface area contributed by atoms with Gasteiger partial charge in [0.05, 0.1) is 0 Å². The molecule has 1 saturated heterocycles. The van der Waals surface area contributed by atoms with E-state index in [9.17, 15) is 4.79 Å². The maximum Gasteiger partial charge on any atom is 0.224 e. The predicted molar refractivity (Wildman–Crippen MR) is 126 cm³/mol. The van der Waals surface area contributed by atoms with Crippen molar-refractivity contribution in [1.29, 1.82) is 0 Å². The number of aliphatic imine (C=N–C) groups is 1. The molecule has 6 nitrogen and oxygen atoms in total. The van der Waals surface area contributed by atoms with Gasteiger partial charge in [0.15, 0.2) is 5.96 Å². The van der Waals surface area contributed by atoms with Crippen molar-refractivity contribution in [3.63, 3.8) is 0 Å². The van der Waals surface area contributed by atoms with Crippen molar-refractivity contribution >= 4 is 35.8 Å². The molecule has 7 heteroatoms. The quantitative estimate of drug-likeness (QED) is 0.189. The number of likely N-dealkylation sites (tertiary alicyclic amines) is 1. The second kappa shape index (κ2) is 17.5. The molecule has 0 saturated carbocycles. The zero-order chi connectivity index (χ0) is 19.0. The number of guanidine groups is 1. The SMILES string of the molecule is CCNC(=NCCCCCN1CCCCC1)NCCC(=O)N(CC)CC.I. The summed E-state index contributed by atoms with van der Waals surface area (Å²) in [6, 6.07) is 0. The second-order valence-corrected chi connectivity index (χ2v) is 6.97. The number of hydrogen-bond donors (Lipinski definition) is 2. The molecule has 1 amide bonds. The van der Waals surface area contributed by atoms with Crippen LogP contribution in [0.1, 0.15) is 65.7 Å². The summed E-state index contributed by atoms with van der Waals surface area (Å²) >= 11 is 0. The number of halogens is 1. The lowest BCUT2D eigenvalue weighted by Gasteiger charge is -2.26. The molecule has 160 valence electrons. The largest absolute Gasteiger partial charge is 0.357 e. The number of carbonyl (C=O) groups excluding carboxylic acids is 1. The van der Waals surface area contributed by atoms with Crippen molar-refractivity contribution < 1.29 is 4.79 Å². The molecule has 27 heavy (non-hydrogen) atoms. The van der Waals surface area contributed by atoms with Crippen molar-refractivity contribution in [3.8, 4) is 0 Å². The van der Waals surface area contributed by atoms with Gasteiger partial charge in [-0.15, -0.1) is 24.0 Å². The van der Waals surface area contributed by atoms with Gasteiger partial charge in [-0.05, 0) is 66.1 Å². The van der Waals surface area contributed by atoms with E-state index >= 15 is 0 Å². The first-order valence-electron chi connectivity index (χ1n) is 10.7. The topological polar surface area (TPSA) is 60.0 Å². The molecule has 1 aliphatic rings. The summed E-state index contributed by atoms with van der Waals surface area (Å²) in [6.45, 7) is 13.8. The highest BCUT2D eigenvalue weighted by Gasteiger charge is 2.10. The monoisotopic (exact) mass is 495 g/mol. The Balaban J connectivity index is 0.00000676. The Bertz CT molecular complexity index is 396. The molecule has 0 atom stereocenters. The van der Waals surface area contributed by atoms with Gasteiger partial charge >= 0.3 is 0 Å². The van der Waals surface area contributed by atoms with E-state index in [0.29, 0.717) is 13.0 Å². The molecule has 0 spiro atoms. The van der Waals surface area contributed by atoms with Gasteiger partial charge in [-0.1, -0.05) is 12.8 Å². The summed E-state index contributed by atoms with van der Waals surface area (Å²) in [7, 11) is 0. The standard InChI is InChI=1S/C20H41N5O.HI/c1-4-21-20(23-15-13-19(26)25(5-2)6-3)22-14-9-7-10-16-24-17-11-8-12-18-24;/h4-18H2,1-3H3,(H2,21,22,23);1H. The van der Waals surface area contributed by atoms with Crippen LogP contribution < -0.4 is 10.6 Å². The minimum Gasteiger partial charge on any atom is -0.357 e. The van der Waals surface area contributed by atoms with E-state index in [2.05, 4.69) is 27.4 Å². The average Bonchev–Trinajstić information content (AvgIpc) is 2.66. The fourth-order valence-electron chi connectivity index (χ4n) is 3.36. The molecule has 0 aromatic heterocycles. The van der Waals surface area contributed by atoms with Gasteiger partial charge in [0.2, 0.25) is 5.91 Å². The molecule has 0 aromatic rings. The molecule has 1 heterocycles. The smallest absolute Gasteiger partial charge is 0.224 e. The van der Waals surface area contributed by atoms with Crippen molar-refractivity contribution in [1.82, 2.24) is 20.4 Å². The predicted octanol–water partition coefficient (Wildman–Crippen LogP) is 3.07. The van der Waals surface area contributed by atoms with Crippen molar-refractivity contribution in [3.05, 3.63) is 0 Å². The Kier molecular flexibility index (Phi) is 17.2. The van der Waals surface area contributed by atoms with Crippen molar-refractivity contribution in [2.45, 2.75) is 65.7 Å². The highest BCUT2D eigenvalue weighted by molar-refractivity contribution is 14.0. The van der Waals surface area contributed by atoms with Crippen molar-refractivity contribution in [2.75, 3.05) is 52.4 Å². The summed E-state index contributed by atoms with van der Waals surface area (Å²) < 4.78 is 0. The van der Waals surface area contributed by atoms with E-state index < -0.39 is 0 Å². The number of amides is 1. The fraction of sp³-hybridized carbons (Fsp3) is 0.900. The number of rotatable bonds is 12.